The van der Waals surface area contributed by atoms with Gasteiger partial charge in [0.25, 0.3) is 0 Å². The van der Waals surface area contributed by atoms with Gasteiger partial charge in [-0.3, -0.25) is 9.80 Å². The summed E-state index contributed by atoms with van der Waals surface area (Å²) in [5.41, 5.74) is 0.136. The van der Waals surface area contributed by atoms with Crippen LogP contribution in [0.5, 0.6) is 0 Å². The number of nitrogens with zero attached hydrogens (tertiary/aromatic N) is 3. The molecule has 3 rings (SSSR count). The molecular formula is C25H34F3N5O4. The van der Waals surface area contributed by atoms with Crippen molar-refractivity contribution in [3.05, 3.63) is 46.7 Å². The summed E-state index contributed by atoms with van der Waals surface area (Å²) in [5, 5.41) is 5.56. The van der Waals surface area contributed by atoms with Gasteiger partial charge >= 0.3 is 24.2 Å². The minimum absolute atomic E-state index is 0.0949. The van der Waals surface area contributed by atoms with Crippen molar-refractivity contribution in [2.24, 2.45) is 0 Å². The number of alkyl halides is 3. The van der Waals surface area contributed by atoms with Crippen LogP contribution in [0.3, 0.4) is 0 Å². The van der Waals surface area contributed by atoms with Crippen LogP contribution in [0.15, 0.2) is 35.5 Å². The fraction of sp³-hybridized carbons (Fsp3) is 0.560. The third kappa shape index (κ3) is 6.35. The first-order valence-corrected chi connectivity index (χ1v) is 12.4. The van der Waals surface area contributed by atoms with Gasteiger partial charge < -0.3 is 20.3 Å². The van der Waals surface area contributed by atoms with Gasteiger partial charge in [0.05, 0.1) is 23.8 Å². The molecule has 1 aromatic carbocycles. The highest BCUT2D eigenvalue weighted by Gasteiger charge is 2.39. The number of carbonyl (C=O) groups excluding carboxylic acids is 3. The van der Waals surface area contributed by atoms with E-state index in [1.807, 2.05) is 13.8 Å². The number of hydrogen-bond donors (Lipinski definition) is 2. The number of likely N-dealkylation sites (N-methyl/N-ethyl adjacent to an activating group) is 1. The molecule has 37 heavy (non-hydrogen) atoms. The predicted octanol–water partition coefficient (Wildman–Crippen LogP) is 3.34. The second-order valence-electron chi connectivity index (χ2n) is 8.94. The Morgan fingerprint density at radius 2 is 1.81 bits per heavy atom. The zero-order valence-electron chi connectivity index (χ0n) is 21.5. The number of rotatable bonds is 7. The van der Waals surface area contributed by atoms with E-state index in [1.54, 1.807) is 18.7 Å². The lowest BCUT2D eigenvalue weighted by molar-refractivity contribution is -0.139. The van der Waals surface area contributed by atoms with E-state index in [-0.39, 0.29) is 37.3 Å². The van der Waals surface area contributed by atoms with Crippen LogP contribution in [0, 0.1) is 0 Å². The number of halogens is 3. The van der Waals surface area contributed by atoms with Gasteiger partial charge in [-0.1, -0.05) is 12.1 Å². The van der Waals surface area contributed by atoms with E-state index in [0.29, 0.717) is 37.4 Å². The topological polar surface area (TPSA) is 94.2 Å². The van der Waals surface area contributed by atoms with Crippen LogP contribution in [0.2, 0.25) is 0 Å². The summed E-state index contributed by atoms with van der Waals surface area (Å²) >= 11 is 0. The highest BCUT2D eigenvalue weighted by molar-refractivity contribution is 5.95. The van der Waals surface area contributed by atoms with Gasteiger partial charge in [0.2, 0.25) is 0 Å². The molecule has 1 saturated heterocycles. The molecule has 0 bridgehead atoms. The summed E-state index contributed by atoms with van der Waals surface area (Å²) in [7, 11) is 0. The molecule has 0 aliphatic carbocycles. The smallest absolute Gasteiger partial charge is 0.416 e. The molecule has 2 atom stereocenters. The number of urea groups is 2. The number of nitrogens with one attached hydrogen (secondary N) is 2. The molecule has 0 saturated carbocycles. The van der Waals surface area contributed by atoms with Crippen LogP contribution in [0.4, 0.5) is 22.8 Å². The van der Waals surface area contributed by atoms with Gasteiger partial charge in [-0.25, -0.2) is 14.4 Å². The SMILES string of the molecule is CCNC(=O)N1CCN(CC2=C(C(=O)OCC)[C@H](c3ccc(C(F)(F)F)cc3)NC(=O)N2CC)C[C@@H]1C. The van der Waals surface area contributed by atoms with Crippen molar-refractivity contribution in [1.29, 1.82) is 0 Å². The Morgan fingerprint density at radius 1 is 1.14 bits per heavy atom. The fourth-order valence-corrected chi connectivity index (χ4v) is 4.72. The monoisotopic (exact) mass is 525 g/mol. The Labute approximate surface area is 214 Å². The maximum absolute atomic E-state index is 13.2. The molecule has 4 amide bonds. The molecule has 1 fully saturated rings. The summed E-state index contributed by atoms with van der Waals surface area (Å²) in [5.74, 6) is -0.644. The number of amides is 4. The van der Waals surface area contributed by atoms with E-state index in [4.69, 9.17) is 4.74 Å². The van der Waals surface area contributed by atoms with Crippen LogP contribution < -0.4 is 10.6 Å². The Hall–Kier alpha value is -3.28. The Balaban J connectivity index is 1.98. The van der Waals surface area contributed by atoms with Crippen molar-refractivity contribution in [2.45, 2.75) is 46.0 Å². The zero-order valence-corrected chi connectivity index (χ0v) is 21.5. The van der Waals surface area contributed by atoms with Crippen molar-refractivity contribution in [3.63, 3.8) is 0 Å². The van der Waals surface area contributed by atoms with Crippen LogP contribution in [-0.4, -0.2) is 84.6 Å². The van der Waals surface area contributed by atoms with Crippen molar-refractivity contribution in [3.8, 4) is 0 Å². The Bertz CT molecular complexity index is 1030. The van der Waals surface area contributed by atoms with Crippen molar-refractivity contribution in [2.75, 3.05) is 45.9 Å². The quantitative estimate of drug-likeness (QED) is 0.533. The third-order valence-electron chi connectivity index (χ3n) is 6.50. The van der Waals surface area contributed by atoms with Gasteiger partial charge in [-0.05, 0) is 45.4 Å². The molecule has 9 nitrogen and oxygen atoms in total. The van der Waals surface area contributed by atoms with E-state index < -0.39 is 29.8 Å². The summed E-state index contributed by atoms with van der Waals surface area (Å²) in [4.78, 5) is 43.8. The van der Waals surface area contributed by atoms with Gasteiger partial charge in [-0.15, -0.1) is 0 Å². The molecular weight excluding hydrogens is 491 g/mol. The molecule has 2 N–H and O–H groups in total. The van der Waals surface area contributed by atoms with E-state index in [1.165, 1.54) is 17.0 Å². The van der Waals surface area contributed by atoms with Crippen molar-refractivity contribution < 1.29 is 32.3 Å². The third-order valence-corrected chi connectivity index (χ3v) is 6.50. The number of esters is 1. The van der Waals surface area contributed by atoms with Gasteiger partial charge in [0.1, 0.15) is 0 Å². The minimum atomic E-state index is -4.51. The number of benzene rings is 1. The largest absolute Gasteiger partial charge is 0.463 e. The molecule has 1 aromatic rings. The number of carbonyl (C=O) groups is 3. The second kappa shape index (κ2) is 11.8. The molecule has 12 heteroatoms. The lowest BCUT2D eigenvalue weighted by atomic mass is 9.93. The standard InChI is InChI=1S/C25H34F3N5O4/c1-5-29-23(35)33-13-12-31(14-16(33)4)15-19-20(22(34)37-7-3)21(30-24(36)32(19)6-2)17-8-10-18(11-9-17)25(26,27)28/h8-11,16,21H,5-7,12-15H2,1-4H3,(H,29,35)(H,30,36)/t16-,21-/m0/s1. The zero-order chi connectivity index (χ0) is 27.3. The fourth-order valence-electron chi connectivity index (χ4n) is 4.72. The van der Waals surface area contributed by atoms with E-state index in [9.17, 15) is 27.6 Å². The van der Waals surface area contributed by atoms with Crippen molar-refractivity contribution in [1.82, 2.24) is 25.3 Å². The van der Waals surface area contributed by atoms with E-state index in [0.717, 1.165) is 12.1 Å². The Kier molecular flexibility index (Phi) is 9.06. The molecule has 0 aromatic heterocycles. The summed E-state index contributed by atoms with van der Waals surface area (Å²) in [6.07, 6.45) is -4.51. The summed E-state index contributed by atoms with van der Waals surface area (Å²) in [6.45, 7) is 9.84. The highest BCUT2D eigenvalue weighted by atomic mass is 19.4. The lowest BCUT2D eigenvalue weighted by Crippen LogP contribution is -2.58. The maximum atomic E-state index is 13.2. The lowest BCUT2D eigenvalue weighted by Gasteiger charge is -2.42. The first-order chi connectivity index (χ1) is 17.5. The minimum Gasteiger partial charge on any atom is -0.463 e. The highest BCUT2D eigenvalue weighted by Crippen LogP contribution is 2.35. The molecule has 0 radical (unpaired) electrons. The first kappa shape index (κ1) is 28.3. The number of hydrogen-bond acceptors (Lipinski definition) is 5. The predicted molar refractivity (Wildman–Crippen MR) is 130 cm³/mol. The average molecular weight is 526 g/mol. The number of piperazine rings is 1. The van der Waals surface area contributed by atoms with Gasteiger partial charge in [0, 0.05) is 51.0 Å². The number of ether oxygens (including phenoxy) is 1. The molecule has 0 spiro atoms. The maximum Gasteiger partial charge on any atom is 0.416 e. The van der Waals surface area contributed by atoms with Gasteiger partial charge in [0.15, 0.2) is 0 Å². The van der Waals surface area contributed by atoms with Crippen LogP contribution >= 0.6 is 0 Å². The Morgan fingerprint density at radius 3 is 2.35 bits per heavy atom. The molecule has 2 aliphatic rings. The normalized spacial score (nSPS) is 21.1. The molecule has 2 aliphatic heterocycles. The van der Waals surface area contributed by atoms with Crippen molar-refractivity contribution >= 4 is 18.0 Å². The van der Waals surface area contributed by atoms with Crippen LogP contribution in [-0.2, 0) is 15.7 Å². The molecule has 0 unspecified atom stereocenters. The second-order valence-corrected chi connectivity index (χ2v) is 8.94. The summed E-state index contributed by atoms with van der Waals surface area (Å²) in [6, 6.07) is 2.71. The van der Waals surface area contributed by atoms with Gasteiger partial charge in [-0.2, -0.15) is 13.2 Å². The first-order valence-electron chi connectivity index (χ1n) is 12.4. The molecule has 204 valence electrons. The van der Waals surface area contributed by atoms with Crippen LogP contribution in [0.1, 0.15) is 44.9 Å². The van der Waals surface area contributed by atoms with Crippen LogP contribution in [0.25, 0.3) is 0 Å². The van der Waals surface area contributed by atoms with E-state index >= 15 is 0 Å². The van der Waals surface area contributed by atoms with E-state index in [2.05, 4.69) is 15.5 Å². The molecule has 2 heterocycles. The summed E-state index contributed by atoms with van der Waals surface area (Å²) < 4.78 is 44.6. The average Bonchev–Trinajstić information content (AvgIpc) is 2.83.